The van der Waals surface area contributed by atoms with Crippen LogP contribution in [0.5, 0.6) is 0 Å². The first-order valence-electron chi connectivity index (χ1n) is 7.07. The van der Waals surface area contributed by atoms with Gasteiger partial charge >= 0.3 is 0 Å². The van der Waals surface area contributed by atoms with E-state index in [4.69, 9.17) is 5.73 Å². The Balaban J connectivity index is 1.96. The average Bonchev–Trinajstić information content (AvgIpc) is 2.45. The number of piperidine rings is 1. The standard InChI is InChI=1S/C15H21N5/c1-19-7-3-4-12(9-19)20(2)15-13-6-5-11(16)8-14(13)17-10-18-15/h5-6,8,10,12H,3-4,7,9,16H2,1-2H3. The van der Waals surface area contributed by atoms with Gasteiger partial charge in [0.05, 0.1) is 5.52 Å². The lowest BCUT2D eigenvalue weighted by Crippen LogP contribution is -2.45. The van der Waals surface area contributed by atoms with E-state index in [9.17, 15) is 0 Å². The van der Waals surface area contributed by atoms with Gasteiger partial charge in [0.15, 0.2) is 0 Å². The van der Waals surface area contributed by atoms with E-state index >= 15 is 0 Å². The quantitative estimate of drug-likeness (QED) is 0.843. The third-order valence-corrected chi connectivity index (χ3v) is 4.12. The molecule has 20 heavy (non-hydrogen) atoms. The van der Waals surface area contributed by atoms with Gasteiger partial charge in [0.1, 0.15) is 12.1 Å². The summed E-state index contributed by atoms with van der Waals surface area (Å²) in [6.07, 6.45) is 4.07. The second-order valence-electron chi connectivity index (χ2n) is 5.64. The molecule has 2 aromatic rings. The summed E-state index contributed by atoms with van der Waals surface area (Å²) >= 11 is 0. The van der Waals surface area contributed by atoms with Crippen LogP contribution in [0.4, 0.5) is 11.5 Å². The van der Waals surface area contributed by atoms with E-state index in [-0.39, 0.29) is 0 Å². The molecule has 1 atom stereocenters. The van der Waals surface area contributed by atoms with Crippen molar-refractivity contribution in [1.82, 2.24) is 14.9 Å². The van der Waals surface area contributed by atoms with Crippen molar-refractivity contribution in [3.63, 3.8) is 0 Å². The average molecular weight is 271 g/mol. The molecule has 106 valence electrons. The number of hydrogen-bond acceptors (Lipinski definition) is 5. The number of nitrogens with zero attached hydrogens (tertiary/aromatic N) is 4. The number of nitrogens with two attached hydrogens (primary N) is 1. The van der Waals surface area contributed by atoms with Crippen LogP contribution < -0.4 is 10.6 Å². The van der Waals surface area contributed by atoms with E-state index in [1.54, 1.807) is 6.33 Å². The Hall–Kier alpha value is -1.88. The molecule has 1 aliphatic heterocycles. The second-order valence-corrected chi connectivity index (χ2v) is 5.64. The highest BCUT2D eigenvalue weighted by Gasteiger charge is 2.23. The van der Waals surface area contributed by atoms with Crippen molar-refractivity contribution in [3.05, 3.63) is 24.5 Å². The fraction of sp³-hybridized carbons (Fsp3) is 0.467. The monoisotopic (exact) mass is 271 g/mol. The third-order valence-electron chi connectivity index (χ3n) is 4.12. The molecule has 2 N–H and O–H groups in total. The lowest BCUT2D eigenvalue weighted by Gasteiger charge is -2.36. The molecule has 0 bridgehead atoms. The summed E-state index contributed by atoms with van der Waals surface area (Å²) in [6.45, 7) is 2.27. The van der Waals surface area contributed by atoms with Gasteiger partial charge in [-0.15, -0.1) is 0 Å². The molecule has 5 heteroatoms. The zero-order valence-electron chi connectivity index (χ0n) is 12.1. The van der Waals surface area contributed by atoms with Crippen molar-refractivity contribution in [1.29, 1.82) is 0 Å². The number of anilines is 2. The summed E-state index contributed by atoms with van der Waals surface area (Å²) in [6, 6.07) is 6.34. The van der Waals surface area contributed by atoms with Gasteiger partial charge in [-0.1, -0.05) is 0 Å². The Morgan fingerprint density at radius 2 is 2.20 bits per heavy atom. The maximum Gasteiger partial charge on any atom is 0.139 e. The first-order valence-corrected chi connectivity index (χ1v) is 7.07. The minimum Gasteiger partial charge on any atom is -0.399 e. The summed E-state index contributed by atoms with van der Waals surface area (Å²) < 4.78 is 0. The molecule has 1 fully saturated rings. The van der Waals surface area contributed by atoms with Gasteiger partial charge in [0.25, 0.3) is 0 Å². The van der Waals surface area contributed by atoms with Crippen molar-refractivity contribution >= 4 is 22.4 Å². The predicted octanol–water partition coefficient (Wildman–Crippen LogP) is 1.74. The molecule has 1 aromatic carbocycles. The number of benzene rings is 1. The van der Waals surface area contributed by atoms with E-state index in [1.807, 2.05) is 18.2 Å². The van der Waals surface area contributed by atoms with Crippen molar-refractivity contribution in [2.75, 3.05) is 37.8 Å². The molecule has 1 unspecified atom stereocenters. The zero-order chi connectivity index (χ0) is 14.1. The summed E-state index contributed by atoms with van der Waals surface area (Å²) in [5.74, 6) is 0.996. The van der Waals surface area contributed by atoms with Crippen LogP contribution in [0.25, 0.3) is 10.9 Å². The Bertz CT molecular complexity index is 612. The Morgan fingerprint density at radius 3 is 3.00 bits per heavy atom. The van der Waals surface area contributed by atoms with E-state index in [0.29, 0.717) is 6.04 Å². The first kappa shape index (κ1) is 13.1. The smallest absolute Gasteiger partial charge is 0.139 e. The van der Waals surface area contributed by atoms with Gasteiger partial charge in [-0.25, -0.2) is 9.97 Å². The highest BCUT2D eigenvalue weighted by molar-refractivity contribution is 5.91. The van der Waals surface area contributed by atoms with Gasteiger partial charge in [0.2, 0.25) is 0 Å². The molecule has 0 amide bonds. The number of aromatic nitrogens is 2. The van der Waals surface area contributed by atoms with Gasteiger partial charge in [-0.3, -0.25) is 0 Å². The third kappa shape index (κ3) is 2.41. The van der Waals surface area contributed by atoms with Gasteiger partial charge in [-0.05, 0) is 44.6 Å². The number of fused-ring (bicyclic) bond motifs is 1. The molecule has 0 radical (unpaired) electrons. The lowest BCUT2D eigenvalue weighted by atomic mass is 10.0. The molecule has 2 heterocycles. The molecule has 1 saturated heterocycles. The first-order chi connectivity index (χ1) is 9.65. The second kappa shape index (κ2) is 5.25. The Kier molecular flexibility index (Phi) is 3.44. The number of likely N-dealkylation sites (tertiary alicyclic amines) is 1. The van der Waals surface area contributed by atoms with E-state index in [0.717, 1.165) is 29.0 Å². The highest BCUT2D eigenvalue weighted by atomic mass is 15.2. The fourth-order valence-corrected chi connectivity index (χ4v) is 2.97. The van der Waals surface area contributed by atoms with Crippen LogP contribution in [0.15, 0.2) is 24.5 Å². The Labute approximate surface area is 119 Å². The minimum atomic E-state index is 0.504. The molecule has 1 aromatic heterocycles. The molecule has 0 saturated carbocycles. The van der Waals surface area contributed by atoms with Crippen molar-refractivity contribution < 1.29 is 0 Å². The van der Waals surface area contributed by atoms with Gasteiger partial charge in [-0.2, -0.15) is 0 Å². The van der Waals surface area contributed by atoms with Crippen molar-refractivity contribution in [3.8, 4) is 0 Å². The SMILES string of the molecule is CN1CCCC(N(C)c2ncnc3cc(N)ccc23)C1. The molecule has 3 rings (SSSR count). The highest BCUT2D eigenvalue weighted by Crippen LogP contribution is 2.27. The van der Waals surface area contributed by atoms with Gasteiger partial charge in [0, 0.05) is 30.7 Å². The largest absolute Gasteiger partial charge is 0.399 e. The van der Waals surface area contributed by atoms with E-state index in [1.165, 1.54) is 19.4 Å². The summed E-state index contributed by atoms with van der Waals surface area (Å²) in [5.41, 5.74) is 7.48. The lowest BCUT2D eigenvalue weighted by molar-refractivity contribution is 0.247. The normalized spacial score (nSPS) is 20.2. The maximum atomic E-state index is 5.83. The summed E-state index contributed by atoms with van der Waals surface area (Å²) in [7, 11) is 4.31. The zero-order valence-corrected chi connectivity index (χ0v) is 12.1. The molecule has 0 aliphatic carbocycles. The van der Waals surface area contributed by atoms with Crippen LogP contribution in [0.3, 0.4) is 0 Å². The van der Waals surface area contributed by atoms with Crippen LogP contribution in [0.1, 0.15) is 12.8 Å². The number of hydrogen-bond donors (Lipinski definition) is 1. The van der Waals surface area contributed by atoms with Gasteiger partial charge < -0.3 is 15.5 Å². The molecule has 0 spiro atoms. The van der Waals surface area contributed by atoms with Crippen LogP contribution in [-0.2, 0) is 0 Å². The fourth-order valence-electron chi connectivity index (χ4n) is 2.97. The van der Waals surface area contributed by atoms with E-state index < -0.39 is 0 Å². The summed E-state index contributed by atoms with van der Waals surface area (Å²) in [5, 5.41) is 1.07. The van der Waals surface area contributed by atoms with Crippen molar-refractivity contribution in [2.24, 2.45) is 0 Å². The van der Waals surface area contributed by atoms with Crippen LogP contribution in [0, 0.1) is 0 Å². The topological polar surface area (TPSA) is 58.3 Å². The Morgan fingerprint density at radius 1 is 1.35 bits per heavy atom. The number of likely N-dealkylation sites (N-methyl/N-ethyl adjacent to an activating group) is 2. The van der Waals surface area contributed by atoms with Crippen LogP contribution in [-0.4, -0.2) is 48.1 Å². The van der Waals surface area contributed by atoms with E-state index in [2.05, 4.69) is 33.9 Å². The minimum absolute atomic E-state index is 0.504. The van der Waals surface area contributed by atoms with Crippen molar-refractivity contribution in [2.45, 2.75) is 18.9 Å². The number of rotatable bonds is 2. The molecule has 5 nitrogen and oxygen atoms in total. The van der Waals surface area contributed by atoms with Crippen LogP contribution in [0.2, 0.25) is 0 Å². The molecular formula is C15H21N5. The predicted molar refractivity (Wildman–Crippen MR) is 82.9 cm³/mol. The summed E-state index contributed by atoms with van der Waals surface area (Å²) in [4.78, 5) is 13.5. The maximum absolute atomic E-state index is 5.83. The number of nitrogen functional groups attached to an aromatic ring is 1. The van der Waals surface area contributed by atoms with Crippen LogP contribution >= 0.6 is 0 Å². The molecule has 1 aliphatic rings. The molecular weight excluding hydrogens is 250 g/mol.